The number of aliphatic hydroxyl groups is 1. The van der Waals surface area contributed by atoms with Gasteiger partial charge in [0, 0.05) is 35.5 Å². The number of nitrogen functional groups attached to an aromatic ring is 1. The van der Waals surface area contributed by atoms with Crippen LogP contribution in [-0.2, 0) is 0 Å². The fourth-order valence-electron chi connectivity index (χ4n) is 2.13. The van der Waals surface area contributed by atoms with Crippen molar-refractivity contribution in [2.45, 2.75) is 46.6 Å². The van der Waals surface area contributed by atoms with Crippen molar-refractivity contribution in [2.24, 2.45) is 5.41 Å². The molecule has 0 heterocycles. The predicted octanol–water partition coefficient (Wildman–Crippen LogP) is 3.27. The number of anilines is 2. The lowest BCUT2D eigenvalue weighted by atomic mass is 9.83. The van der Waals surface area contributed by atoms with E-state index >= 15 is 0 Å². The van der Waals surface area contributed by atoms with Crippen LogP contribution in [0.25, 0.3) is 0 Å². The van der Waals surface area contributed by atoms with Crippen molar-refractivity contribution in [3.63, 3.8) is 0 Å². The Bertz CT molecular complexity index is 407. The number of nitrogens with two attached hydrogens (primary N) is 1. The Balaban J connectivity index is 2.79. The van der Waals surface area contributed by atoms with Crippen LogP contribution in [0.3, 0.4) is 0 Å². The van der Waals surface area contributed by atoms with E-state index < -0.39 is 0 Å². The Labute approximate surface area is 122 Å². The van der Waals surface area contributed by atoms with Gasteiger partial charge in [0.2, 0.25) is 0 Å². The average molecular weight is 280 g/mol. The van der Waals surface area contributed by atoms with E-state index in [-0.39, 0.29) is 18.1 Å². The van der Waals surface area contributed by atoms with E-state index in [1.807, 2.05) is 32.0 Å². The minimum Gasteiger partial charge on any atom is -0.491 e. The van der Waals surface area contributed by atoms with Gasteiger partial charge in [-0.15, -0.1) is 0 Å². The van der Waals surface area contributed by atoms with Gasteiger partial charge in [-0.25, -0.2) is 0 Å². The minimum absolute atomic E-state index is 0.0797. The molecule has 0 atom stereocenters. The molecule has 4 N–H and O–H groups in total. The van der Waals surface area contributed by atoms with Crippen LogP contribution in [0.4, 0.5) is 11.4 Å². The first-order valence-corrected chi connectivity index (χ1v) is 7.36. The Hall–Kier alpha value is -1.42. The molecule has 0 saturated heterocycles. The summed E-state index contributed by atoms with van der Waals surface area (Å²) in [7, 11) is 0. The number of ether oxygens (including phenoxy) is 1. The zero-order valence-corrected chi connectivity index (χ0v) is 13.1. The molecule has 0 aromatic heterocycles. The van der Waals surface area contributed by atoms with Crippen LogP contribution in [0.15, 0.2) is 18.2 Å². The summed E-state index contributed by atoms with van der Waals surface area (Å²) in [5.74, 6) is 0.769. The van der Waals surface area contributed by atoms with Gasteiger partial charge in [0.15, 0.2) is 0 Å². The monoisotopic (exact) mass is 280 g/mol. The molecular formula is C16H28N2O2. The van der Waals surface area contributed by atoms with E-state index in [0.29, 0.717) is 5.69 Å². The van der Waals surface area contributed by atoms with Crippen LogP contribution < -0.4 is 15.8 Å². The highest BCUT2D eigenvalue weighted by atomic mass is 16.5. The molecule has 0 saturated carbocycles. The summed E-state index contributed by atoms with van der Waals surface area (Å²) in [6.45, 7) is 9.09. The lowest BCUT2D eigenvalue weighted by Crippen LogP contribution is -2.32. The molecule has 0 unspecified atom stereocenters. The normalized spacial score (nSPS) is 11.7. The largest absolute Gasteiger partial charge is 0.491 e. The van der Waals surface area contributed by atoms with E-state index in [1.54, 1.807) is 0 Å². The van der Waals surface area contributed by atoms with E-state index in [9.17, 15) is 5.11 Å². The van der Waals surface area contributed by atoms with Crippen LogP contribution in [0.5, 0.6) is 5.75 Å². The molecule has 1 aromatic carbocycles. The molecule has 0 aliphatic rings. The summed E-state index contributed by atoms with van der Waals surface area (Å²) in [5.41, 5.74) is 7.43. The first-order chi connectivity index (χ1) is 9.44. The van der Waals surface area contributed by atoms with Crippen molar-refractivity contribution in [1.82, 2.24) is 0 Å². The minimum atomic E-state index is -0.0797. The number of hydrogen-bond donors (Lipinski definition) is 3. The molecule has 0 fully saturated rings. The van der Waals surface area contributed by atoms with E-state index in [1.165, 1.54) is 0 Å². The van der Waals surface area contributed by atoms with E-state index in [2.05, 4.69) is 19.2 Å². The third-order valence-corrected chi connectivity index (χ3v) is 3.80. The molecule has 114 valence electrons. The summed E-state index contributed by atoms with van der Waals surface area (Å²) in [6.07, 6.45) is 1.99. The molecule has 20 heavy (non-hydrogen) atoms. The molecule has 0 radical (unpaired) electrons. The molecule has 4 heteroatoms. The maximum Gasteiger partial charge on any atom is 0.123 e. The molecule has 1 rings (SSSR count). The van der Waals surface area contributed by atoms with Crippen LogP contribution >= 0.6 is 0 Å². The van der Waals surface area contributed by atoms with Gasteiger partial charge in [-0.2, -0.15) is 0 Å². The number of rotatable bonds is 8. The summed E-state index contributed by atoms with van der Waals surface area (Å²) in [5, 5.41) is 13.0. The predicted molar refractivity (Wildman–Crippen MR) is 85.2 cm³/mol. The van der Waals surface area contributed by atoms with Crippen LogP contribution in [0.2, 0.25) is 0 Å². The number of benzene rings is 1. The highest BCUT2D eigenvalue weighted by Gasteiger charge is 2.24. The maximum atomic E-state index is 9.59. The molecule has 1 aromatic rings. The molecule has 0 aliphatic carbocycles. The fraction of sp³-hybridized carbons (Fsp3) is 0.625. The zero-order valence-electron chi connectivity index (χ0n) is 13.1. The average Bonchev–Trinajstić information content (AvgIpc) is 2.39. The van der Waals surface area contributed by atoms with Crippen molar-refractivity contribution in [2.75, 3.05) is 24.2 Å². The third-order valence-electron chi connectivity index (χ3n) is 3.80. The lowest BCUT2D eigenvalue weighted by Gasteiger charge is -2.30. The van der Waals surface area contributed by atoms with Gasteiger partial charge in [-0.3, -0.25) is 0 Å². The maximum absolute atomic E-state index is 9.59. The highest BCUT2D eigenvalue weighted by Crippen LogP contribution is 2.28. The van der Waals surface area contributed by atoms with Crippen LogP contribution in [0, 0.1) is 5.41 Å². The molecular weight excluding hydrogens is 252 g/mol. The van der Waals surface area contributed by atoms with Crippen LogP contribution in [-0.4, -0.2) is 24.4 Å². The van der Waals surface area contributed by atoms with Gasteiger partial charge in [-0.1, -0.05) is 13.8 Å². The first kappa shape index (κ1) is 16.6. The summed E-state index contributed by atoms with van der Waals surface area (Å²) in [4.78, 5) is 0. The molecule has 0 aliphatic heterocycles. The van der Waals surface area contributed by atoms with Gasteiger partial charge in [0.1, 0.15) is 5.75 Å². The van der Waals surface area contributed by atoms with Crippen molar-refractivity contribution in [3.8, 4) is 5.75 Å². The van der Waals surface area contributed by atoms with Crippen molar-refractivity contribution < 1.29 is 9.84 Å². The van der Waals surface area contributed by atoms with E-state index in [4.69, 9.17) is 10.5 Å². The number of aliphatic hydroxyl groups excluding tert-OH is 1. The van der Waals surface area contributed by atoms with Gasteiger partial charge >= 0.3 is 0 Å². The Kier molecular flexibility index (Phi) is 6.14. The smallest absolute Gasteiger partial charge is 0.123 e. The third kappa shape index (κ3) is 4.60. The van der Waals surface area contributed by atoms with Crippen molar-refractivity contribution in [1.29, 1.82) is 0 Å². The summed E-state index contributed by atoms with van der Waals surface area (Å²) < 4.78 is 5.68. The fourth-order valence-corrected chi connectivity index (χ4v) is 2.13. The van der Waals surface area contributed by atoms with Crippen molar-refractivity contribution >= 4 is 11.4 Å². The zero-order chi connectivity index (χ0) is 15.2. The topological polar surface area (TPSA) is 67.5 Å². The Morgan fingerprint density at radius 1 is 1.25 bits per heavy atom. The number of nitrogens with one attached hydrogen (secondary N) is 1. The second-order valence-electron chi connectivity index (χ2n) is 5.68. The molecule has 0 spiro atoms. The summed E-state index contributed by atoms with van der Waals surface area (Å²) >= 11 is 0. The first-order valence-electron chi connectivity index (χ1n) is 7.36. The quantitative estimate of drug-likeness (QED) is 0.639. The Morgan fingerprint density at radius 3 is 2.40 bits per heavy atom. The van der Waals surface area contributed by atoms with Gasteiger partial charge in [-0.05, 0) is 32.8 Å². The highest BCUT2D eigenvalue weighted by molar-refractivity contribution is 5.59. The molecule has 0 amide bonds. The van der Waals surface area contributed by atoms with Gasteiger partial charge in [0.25, 0.3) is 0 Å². The van der Waals surface area contributed by atoms with Gasteiger partial charge < -0.3 is 20.9 Å². The molecule has 4 nitrogen and oxygen atoms in total. The lowest BCUT2D eigenvalue weighted by molar-refractivity contribution is 0.127. The van der Waals surface area contributed by atoms with Crippen molar-refractivity contribution in [3.05, 3.63) is 18.2 Å². The Morgan fingerprint density at radius 2 is 1.90 bits per heavy atom. The van der Waals surface area contributed by atoms with Crippen LogP contribution in [0.1, 0.15) is 40.5 Å². The second-order valence-corrected chi connectivity index (χ2v) is 5.68. The SMILES string of the molecule is CCC(CC)(CO)CNc1cc(N)cc(OC(C)C)c1. The van der Waals surface area contributed by atoms with E-state index in [0.717, 1.165) is 30.8 Å². The number of hydrogen-bond acceptors (Lipinski definition) is 4. The molecule has 0 bridgehead atoms. The van der Waals surface area contributed by atoms with Gasteiger partial charge in [0.05, 0.1) is 12.7 Å². The standard InChI is InChI=1S/C16H28N2O2/c1-5-16(6-2,11-19)10-18-14-7-13(17)8-15(9-14)20-12(3)4/h7-9,12,18-19H,5-6,10-11,17H2,1-4H3. The second kappa shape index (κ2) is 7.39. The summed E-state index contributed by atoms with van der Waals surface area (Å²) in [6, 6.07) is 5.66.